The van der Waals surface area contributed by atoms with Gasteiger partial charge in [-0.1, -0.05) is 44.5 Å². The highest BCUT2D eigenvalue weighted by molar-refractivity contribution is 6.30. The van der Waals surface area contributed by atoms with Crippen LogP contribution in [0, 0.1) is 11.8 Å². The van der Waals surface area contributed by atoms with Gasteiger partial charge in [-0.2, -0.15) is 0 Å². The Morgan fingerprint density at radius 1 is 1.22 bits per heavy atom. The summed E-state index contributed by atoms with van der Waals surface area (Å²) in [7, 11) is 0. The Morgan fingerprint density at radius 2 is 2.00 bits per heavy atom. The van der Waals surface area contributed by atoms with E-state index in [-0.39, 0.29) is 18.0 Å². The molecule has 1 fully saturated rings. The fraction of sp³-hybridized carbons (Fsp3) is 0.581. The minimum Gasteiger partial charge on any atom is -0.493 e. The zero-order valence-corrected chi connectivity index (χ0v) is 23.5. The first kappa shape index (κ1) is 26.9. The SMILES string of the molecule is CCC1C=C2C(=CO1)c1cc(Cl)ccc1C(C)CC=C2N1CCCC(C(C)C(=O)OC(C)(C)C)CC1. The van der Waals surface area contributed by atoms with Crippen molar-refractivity contribution < 1.29 is 14.3 Å². The molecule has 4 atom stereocenters. The number of likely N-dealkylation sites (tertiary alicyclic amines) is 1. The zero-order chi connectivity index (χ0) is 26.0. The van der Waals surface area contributed by atoms with Gasteiger partial charge in [0.05, 0.1) is 12.2 Å². The van der Waals surface area contributed by atoms with Crippen LogP contribution in [0.1, 0.15) is 90.7 Å². The lowest BCUT2D eigenvalue weighted by molar-refractivity contribution is -0.161. The predicted molar refractivity (Wildman–Crippen MR) is 148 cm³/mol. The molecule has 0 amide bonds. The summed E-state index contributed by atoms with van der Waals surface area (Å²) in [5, 5.41) is 0.749. The van der Waals surface area contributed by atoms with E-state index in [1.54, 1.807) is 0 Å². The molecule has 1 aromatic rings. The number of halogens is 1. The molecular formula is C31H42ClNO3. The number of carbonyl (C=O) groups is 1. The number of benzene rings is 1. The van der Waals surface area contributed by atoms with Crippen molar-refractivity contribution in [3.8, 4) is 0 Å². The third-order valence-corrected chi connectivity index (χ3v) is 8.02. The number of rotatable bonds is 4. The normalized spacial score (nSPS) is 25.5. The Morgan fingerprint density at radius 3 is 2.72 bits per heavy atom. The van der Waals surface area contributed by atoms with Crippen molar-refractivity contribution in [3.05, 3.63) is 64.0 Å². The summed E-state index contributed by atoms with van der Waals surface area (Å²) in [4.78, 5) is 15.3. The first-order chi connectivity index (χ1) is 17.1. The molecule has 36 heavy (non-hydrogen) atoms. The average Bonchev–Trinajstić information content (AvgIpc) is 3.07. The average molecular weight is 512 g/mol. The molecule has 1 saturated heterocycles. The molecule has 0 radical (unpaired) electrons. The molecule has 196 valence electrons. The lowest BCUT2D eigenvalue weighted by atomic mass is 9.82. The van der Waals surface area contributed by atoms with Gasteiger partial charge in [0, 0.05) is 35.0 Å². The van der Waals surface area contributed by atoms with Crippen molar-refractivity contribution in [2.45, 2.75) is 91.3 Å². The summed E-state index contributed by atoms with van der Waals surface area (Å²) in [5.41, 5.74) is 5.71. The van der Waals surface area contributed by atoms with Crippen LogP contribution < -0.4 is 0 Å². The van der Waals surface area contributed by atoms with Gasteiger partial charge in [0.15, 0.2) is 0 Å². The fourth-order valence-electron chi connectivity index (χ4n) is 5.65. The van der Waals surface area contributed by atoms with Crippen LogP contribution in [0.3, 0.4) is 0 Å². The summed E-state index contributed by atoms with van der Waals surface area (Å²) in [6, 6.07) is 6.25. The molecule has 1 aromatic carbocycles. The van der Waals surface area contributed by atoms with Crippen LogP contribution in [0.25, 0.3) is 5.57 Å². The van der Waals surface area contributed by atoms with E-state index in [0.717, 1.165) is 55.8 Å². The van der Waals surface area contributed by atoms with Crippen molar-refractivity contribution in [1.29, 1.82) is 0 Å². The molecule has 4 unspecified atom stereocenters. The maximum absolute atomic E-state index is 12.8. The maximum atomic E-state index is 12.8. The number of esters is 1. The number of nitrogens with zero attached hydrogens (tertiary/aromatic N) is 1. The van der Waals surface area contributed by atoms with E-state index in [1.165, 1.54) is 22.4 Å². The van der Waals surface area contributed by atoms with Gasteiger partial charge in [-0.3, -0.25) is 4.79 Å². The molecular weight excluding hydrogens is 470 g/mol. The van der Waals surface area contributed by atoms with Crippen molar-refractivity contribution in [3.63, 3.8) is 0 Å². The van der Waals surface area contributed by atoms with Crippen LogP contribution >= 0.6 is 11.6 Å². The number of hydrogen-bond acceptors (Lipinski definition) is 4. The third-order valence-electron chi connectivity index (χ3n) is 7.78. The van der Waals surface area contributed by atoms with Gasteiger partial charge in [-0.25, -0.2) is 0 Å². The highest BCUT2D eigenvalue weighted by atomic mass is 35.5. The van der Waals surface area contributed by atoms with E-state index in [0.29, 0.717) is 11.8 Å². The zero-order valence-electron chi connectivity index (χ0n) is 22.8. The van der Waals surface area contributed by atoms with Crippen molar-refractivity contribution in [2.75, 3.05) is 13.1 Å². The molecule has 0 saturated carbocycles. The topological polar surface area (TPSA) is 38.8 Å². The minimum atomic E-state index is -0.449. The maximum Gasteiger partial charge on any atom is 0.309 e. The molecule has 0 aromatic heterocycles. The van der Waals surface area contributed by atoms with Gasteiger partial charge in [0.2, 0.25) is 0 Å². The van der Waals surface area contributed by atoms with Crippen molar-refractivity contribution in [1.82, 2.24) is 4.90 Å². The molecule has 4 rings (SSSR count). The highest BCUT2D eigenvalue weighted by Gasteiger charge is 2.33. The van der Waals surface area contributed by atoms with Crippen LogP contribution in [-0.2, 0) is 14.3 Å². The van der Waals surface area contributed by atoms with E-state index in [2.05, 4.69) is 43.0 Å². The van der Waals surface area contributed by atoms with E-state index in [4.69, 9.17) is 21.1 Å². The van der Waals surface area contributed by atoms with Crippen LogP contribution in [0.2, 0.25) is 5.02 Å². The van der Waals surface area contributed by atoms with Crippen LogP contribution in [0.15, 0.2) is 47.9 Å². The summed E-state index contributed by atoms with van der Waals surface area (Å²) in [6.07, 6.45) is 11.7. The van der Waals surface area contributed by atoms with Crippen LogP contribution in [0.5, 0.6) is 0 Å². The van der Waals surface area contributed by atoms with Crippen LogP contribution in [-0.4, -0.2) is 35.7 Å². The second kappa shape index (κ2) is 11.0. The summed E-state index contributed by atoms with van der Waals surface area (Å²) < 4.78 is 11.8. The molecule has 2 heterocycles. The Kier molecular flexibility index (Phi) is 8.24. The monoisotopic (exact) mass is 511 g/mol. The van der Waals surface area contributed by atoms with E-state index >= 15 is 0 Å². The van der Waals surface area contributed by atoms with E-state index < -0.39 is 5.60 Å². The largest absolute Gasteiger partial charge is 0.493 e. The molecule has 4 nitrogen and oxygen atoms in total. The van der Waals surface area contributed by atoms with Crippen LogP contribution in [0.4, 0.5) is 0 Å². The molecule has 3 aliphatic rings. The molecule has 0 bridgehead atoms. The third kappa shape index (κ3) is 6.02. The number of allylic oxidation sites excluding steroid dienone is 2. The van der Waals surface area contributed by atoms with E-state index in [9.17, 15) is 4.79 Å². The van der Waals surface area contributed by atoms with Gasteiger partial charge in [-0.05, 0) is 94.0 Å². The number of ether oxygens (including phenoxy) is 2. The number of hydrogen-bond donors (Lipinski definition) is 0. The van der Waals surface area contributed by atoms with Gasteiger partial charge >= 0.3 is 5.97 Å². The molecule has 2 aliphatic heterocycles. The lowest BCUT2D eigenvalue weighted by Crippen LogP contribution is -2.32. The first-order valence-electron chi connectivity index (χ1n) is 13.6. The Balaban J connectivity index is 1.61. The highest BCUT2D eigenvalue weighted by Crippen LogP contribution is 2.43. The number of fused-ring (bicyclic) bond motifs is 3. The van der Waals surface area contributed by atoms with Crippen molar-refractivity contribution in [2.24, 2.45) is 11.8 Å². The quantitative estimate of drug-likeness (QED) is 0.385. The minimum absolute atomic E-state index is 0.0681. The lowest BCUT2D eigenvalue weighted by Gasteiger charge is -2.34. The molecule has 5 heteroatoms. The van der Waals surface area contributed by atoms with Gasteiger partial charge in [0.1, 0.15) is 11.7 Å². The summed E-state index contributed by atoms with van der Waals surface area (Å²) in [5.74, 6) is 0.549. The smallest absolute Gasteiger partial charge is 0.309 e. The standard InChI is InChI=1S/C31H42ClNO3/c1-7-24-18-27-28(19-35-24)26-17-23(32)11-12-25(26)20(2)10-13-29(27)33-15-8-9-22(14-16-33)21(3)30(34)36-31(4,5)6/h11-13,17-22,24H,7-10,14-16H2,1-6H3. The summed E-state index contributed by atoms with van der Waals surface area (Å²) >= 11 is 6.47. The molecule has 0 spiro atoms. The van der Waals surface area contributed by atoms with E-state index in [1.807, 2.05) is 40.0 Å². The van der Waals surface area contributed by atoms with Gasteiger partial charge in [-0.15, -0.1) is 0 Å². The Hall–Kier alpha value is -2.20. The second-order valence-electron chi connectivity index (χ2n) is 11.7. The second-order valence-corrected chi connectivity index (χ2v) is 12.1. The van der Waals surface area contributed by atoms with Gasteiger partial charge < -0.3 is 14.4 Å². The Labute approximate surface area is 222 Å². The predicted octanol–water partition coefficient (Wildman–Crippen LogP) is 7.89. The summed E-state index contributed by atoms with van der Waals surface area (Å²) in [6.45, 7) is 14.2. The molecule has 1 aliphatic carbocycles. The number of carbonyl (C=O) groups excluding carboxylic acids is 1. The first-order valence-corrected chi connectivity index (χ1v) is 14.0. The van der Waals surface area contributed by atoms with Crippen molar-refractivity contribution >= 4 is 23.1 Å². The fourth-order valence-corrected chi connectivity index (χ4v) is 5.82. The van der Waals surface area contributed by atoms with Gasteiger partial charge in [0.25, 0.3) is 0 Å². The Bertz CT molecular complexity index is 1060. The molecule has 0 N–H and O–H groups in total.